The van der Waals surface area contributed by atoms with Crippen molar-refractivity contribution in [1.29, 1.82) is 0 Å². The van der Waals surface area contributed by atoms with Crippen molar-refractivity contribution in [2.24, 2.45) is 0 Å². The molecule has 174 valence electrons. The van der Waals surface area contributed by atoms with Gasteiger partial charge in [0.15, 0.2) is 0 Å². The Morgan fingerprint density at radius 3 is 2.30 bits per heavy atom. The van der Waals surface area contributed by atoms with Gasteiger partial charge in [0, 0.05) is 28.4 Å². The number of nitrogens with zero attached hydrogens (tertiary/aromatic N) is 1. The van der Waals surface area contributed by atoms with Crippen LogP contribution in [0.1, 0.15) is 24.1 Å². The zero-order valence-corrected chi connectivity index (χ0v) is 19.4. The lowest BCUT2D eigenvalue weighted by Gasteiger charge is -2.36. The molecule has 1 heterocycles. The number of anilines is 1. The van der Waals surface area contributed by atoms with Crippen LogP contribution < -0.4 is 10.2 Å². The van der Waals surface area contributed by atoms with Crippen molar-refractivity contribution in [3.8, 4) is 0 Å². The number of urea groups is 1. The minimum absolute atomic E-state index is 0.0208. The maximum absolute atomic E-state index is 13.1. The molecule has 0 fully saturated rings. The molecule has 0 radical (unpaired) electrons. The molecule has 33 heavy (non-hydrogen) atoms. The number of ether oxygens (including phenoxy) is 2. The van der Waals surface area contributed by atoms with Crippen LogP contribution in [0.4, 0.5) is 10.5 Å². The quantitative estimate of drug-likeness (QED) is 0.419. The Balaban J connectivity index is 2.08. The van der Waals surface area contributed by atoms with Crippen molar-refractivity contribution in [2.45, 2.75) is 19.4 Å². The third-order valence-corrected chi connectivity index (χ3v) is 5.72. The monoisotopic (exact) mass is 492 g/mol. The SMILES string of the molecule is COCCOC(=O)C1=C(C)N(c2ccc(CC(=O)O)cc2)C(=O)N[C@H]1c1c(Cl)cccc1Cl. The van der Waals surface area contributed by atoms with Crippen LogP contribution >= 0.6 is 23.2 Å². The zero-order chi connectivity index (χ0) is 24.1. The lowest BCUT2D eigenvalue weighted by molar-refractivity contribution is -0.141. The fourth-order valence-corrected chi connectivity index (χ4v) is 4.17. The van der Waals surface area contributed by atoms with E-state index in [1.807, 2.05) is 0 Å². The summed E-state index contributed by atoms with van der Waals surface area (Å²) >= 11 is 12.8. The Morgan fingerprint density at radius 1 is 1.09 bits per heavy atom. The largest absolute Gasteiger partial charge is 0.481 e. The predicted molar refractivity (Wildman–Crippen MR) is 124 cm³/mol. The molecule has 0 aromatic heterocycles. The first kappa shape index (κ1) is 24.6. The van der Waals surface area contributed by atoms with Crippen LogP contribution in [0.5, 0.6) is 0 Å². The van der Waals surface area contributed by atoms with E-state index in [1.54, 1.807) is 49.4 Å². The van der Waals surface area contributed by atoms with Crippen LogP contribution in [0.2, 0.25) is 10.0 Å². The summed E-state index contributed by atoms with van der Waals surface area (Å²) in [5.74, 6) is -1.62. The molecule has 0 saturated heterocycles. The Kier molecular flexibility index (Phi) is 7.97. The number of rotatable bonds is 8. The standard InChI is InChI=1S/C23H22Cl2N2O6/c1-13-19(22(30)33-11-10-32-2)21(20-16(24)4-3-5-17(20)25)26-23(31)27(13)15-8-6-14(7-9-15)12-18(28)29/h3-9,21H,10-12H2,1-2H3,(H,26,31)(H,28,29)/t21-/m1/s1. The average molecular weight is 493 g/mol. The van der Waals surface area contributed by atoms with Gasteiger partial charge in [0.05, 0.1) is 30.3 Å². The first-order valence-electron chi connectivity index (χ1n) is 9.96. The number of benzene rings is 2. The van der Waals surface area contributed by atoms with Gasteiger partial charge in [-0.2, -0.15) is 0 Å². The van der Waals surface area contributed by atoms with Gasteiger partial charge in [-0.15, -0.1) is 0 Å². The number of carbonyl (C=O) groups is 3. The summed E-state index contributed by atoms with van der Waals surface area (Å²) in [4.78, 5) is 38.5. The van der Waals surface area contributed by atoms with Gasteiger partial charge < -0.3 is 19.9 Å². The van der Waals surface area contributed by atoms with Crippen LogP contribution in [0.25, 0.3) is 0 Å². The third-order valence-electron chi connectivity index (χ3n) is 5.06. The minimum Gasteiger partial charge on any atom is -0.481 e. The molecule has 0 spiro atoms. The number of aliphatic carboxylic acids is 1. The topological polar surface area (TPSA) is 105 Å². The summed E-state index contributed by atoms with van der Waals surface area (Å²) in [6, 6.07) is 9.89. The first-order chi connectivity index (χ1) is 15.7. The van der Waals surface area contributed by atoms with Crippen molar-refractivity contribution in [1.82, 2.24) is 5.32 Å². The van der Waals surface area contributed by atoms with E-state index in [0.29, 0.717) is 22.5 Å². The number of carboxylic acids is 1. The van der Waals surface area contributed by atoms with E-state index < -0.39 is 24.0 Å². The van der Waals surface area contributed by atoms with Gasteiger partial charge in [-0.1, -0.05) is 41.4 Å². The van der Waals surface area contributed by atoms with Crippen molar-refractivity contribution in [2.75, 3.05) is 25.2 Å². The van der Waals surface area contributed by atoms with Crippen molar-refractivity contribution < 1.29 is 29.0 Å². The van der Waals surface area contributed by atoms with E-state index in [4.69, 9.17) is 37.8 Å². The zero-order valence-electron chi connectivity index (χ0n) is 17.9. The number of allylic oxidation sites excluding steroid dienone is 1. The van der Waals surface area contributed by atoms with Gasteiger partial charge in [-0.25, -0.2) is 9.59 Å². The Bertz CT molecular complexity index is 1080. The molecule has 2 aromatic rings. The predicted octanol–water partition coefficient (Wildman–Crippen LogP) is 4.36. The highest BCUT2D eigenvalue weighted by molar-refractivity contribution is 6.36. The molecule has 2 N–H and O–H groups in total. The van der Waals surface area contributed by atoms with E-state index in [2.05, 4.69) is 5.32 Å². The Labute approximate surface area is 200 Å². The summed E-state index contributed by atoms with van der Waals surface area (Å²) in [6.45, 7) is 1.85. The number of hydrogen-bond donors (Lipinski definition) is 2. The van der Waals surface area contributed by atoms with E-state index in [9.17, 15) is 14.4 Å². The Morgan fingerprint density at radius 2 is 1.73 bits per heavy atom. The number of nitrogens with one attached hydrogen (secondary N) is 1. The van der Waals surface area contributed by atoms with Crippen LogP contribution in [0, 0.1) is 0 Å². The molecule has 1 aliphatic rings. The lowest BCUT2D eigenvalue weighted by Crippen LogP contribution is -2.48. The fraction of sp³-hybridized carbons (Fsp3) is 0.261. The Hall–Kier alpha value is -3.07. The molecule has 8 nitrogen and oxygen atoms in total. The number of halogens is 2. The van der Waals surface area contributed by atoms with Crippen LogP contribution in [-0.4, -0.2) is 43.4 Å². The number of carboxylic acid groups (broad SMARTS) is 1. The molecule has 0 aliphatic carbocycles. The molecule has 1 aliphatic heterocycles. The summed E-state index contributed by atoms with van der Waals surface area (Å²) < 4.78 is 10.3. The van der Waals surface area contributed by atoms with Crippen LogP contribution in [-0.2, 0) is 25.5 Å². The van der Waals surface area contributed by atoms with Gasteiger partial charge in [0.1, 0.15) is 6.61 Å². The minimum atomic E-state index is -0.963. The van der Waals surface area contributed by atoms with Crippen molar-refractivity contribution in [3.63, 3.8) is 0 Å². The second kappa shape index (κ2) is 10.7. The summed E-state index contributed by atoms with van der Waals surface area (Å²) in [6.07, 6.45) is -0.147. The molecule has 1 atom stereocenters. The molecular formula is C23H22Cl2N2O6. The van der Waals surface area contributed by atoms with Gasteiger partial charge >= 0.3 is 18.0 Å². The van der Waals surface area contributed by atoms with Crippen LogP contribution in [0.3, 0.4) is 0 Å². The van der Waals surface area contributed by atoms with Gasteiger partial charge in [-0.05, 0) is 36.8 Å². The number of amides is 2. The second-order valence-electron chi connectivity index (χ2n) is 7.22. The molecular weight excluding hydrogens is 471 g/mol. The second-order valence-corrected chi connectivity index (χ2v) is 8.03. The molecule has 2 aromatic carbocycles. The molecule has 10 heteroatoms. The van der Waals surface area contributed by atoms with Gasteiger partial charge in [0.2, 0.25) is 0 Å². The summed E-state index contributed by atoms with van der Waals surface area (Å²) in [5, 5.41) is 12.3. The van der Waals surface area contributed by atoms with Crippen molar-refractivity contribution in [3.05, 3.63) is 74.9 Å². The number of esters is 1. The van der Waals surface area contributed by atoms with Crippen LogP contribution in [0.15, 0.2) is 53.7 Å². The smallest absolute Gasteiger partial charge is 0.338 e. The maximum atomic E-state index is 13.1. The molecule has 0 bridgehead atoms. The van der Waals surface area contributed by atoms with Gasteiger partial charge in [-0.3, -0.25) is 9.69 Å². The molecule has 2 amide bonds. The highest BCUT2D eigenvalue weighted by Gasteiger charge is 2.39. The van der Waals surface area contributed by atoms with E-state index in [1.165, 1.54) is 12.0 Å². The average Bonchev–Trinajstić information content (AvgIpc) is 2.74. The van der Waals surface area contributed by atoms with Crippen molar-refractivity contribution >= 4 is 46.9 Å². The van der Waals surface area contributed by atoms with E-state index in [-0.39, 0.29) is 35.3 Å². The molecule has 0 unspecified atom stereocenters. The molecule has 0 saturated carbocycles. The first-order valence-corrected chi connectivity index (χ1v) is 10.7. The normalized spacial score (nSPS) is 15.9. The number of methoxy groups -OCH3 is 1. The number of hydrogen-bond acceptors (Lipinski definition) is 5. The highest BCUT2D eigenvalue weighted by Crippen LogP contribution is 2.39. The van der Waals surface area contributed by atoms with E-state index in [0.717, 1.165) is 0 Å². The fourth-order valence-electron chi connectivity index (χ4n) is 3.55. The summed E-state index contributed by atoms with van der Waals surface area (Å²) in [7, 11) is 1.49. The number of carbonyl (C=O) groups excluding carboxylic acids is 2. The summed E-state index contributed by atoms with van der Waals surface area (Å²) in [5.41, 5.74) is 1.89. The lowest BCUT2D eigenvalue weighted by atomic mass is 9.94. The maximum Gasteiger partial charge on any atom is 0.338 e. The third kappa shape index (κ3) is 5.47. The van der Waals surface area contributed by atoms with Gasteiger partial charge in [0.25, 0.3) is 0 Å². The highest BCUT2D eigenvalue weighted by atomic mass is 35.5. The molecule has 3 rings (SSSR count). The van der Waals surface area contributed by atoms with E-state index >= 15 is 0 Å².